The zero-order valence-corrected chi connectivity index (χ0v) is 18.3. The van der Waals surface area contributed by atoms with Crippen LogP contribution in [0.1, 0.15) is 17.0 Å². The Morgan fingerprint density at radius 3 is 2.60 bits per heavy atom. The highest BCUT2D eigenvalue weighted by atomic mass is 35.5. The third-order valence-corrected chi connectivity index (χ3v) is 7.08. The Kier molecular flexibility index (Phi) is 5.86. The molecule has 0 aliphatic carbocycles. The van der Waals surface area contributed by atoms with E-state index >= 15 is 0 Å². The van der Waals surface area contributed by atoms with Crippen molar-refractivity contribution in [3.8, 4) is 17.6 Å². The second kappa shape index (κ2) is 8.41. The van der Waals surface area contributed by atoms with Crippen molar-refractivity contribution in [3.05, 3.63) is 63.1 Å². The van der Waals surface area contributed by atoms with Crippen molar-refractivity contribution in [2.24, 2.45) is 0 Å². The van der Waals surface area contributed by atoms with Gasteiger partial charge in [0.15, 0.2) is 5.13 Å². The Labute approximate surface area is 186 Å². The maximum atomic E-state index is 12.6. The number of thiazole rings is 1. The highest BCUT2D eigenvalue weighted by Gasteiger charge is 2.25. The minimum Gasteiger partial charge on any atom is -0.456 e. The molecule has 11 heteroatoms. The van der Waals surface area contributed by atoms with E-state index in [1.807, 2.05) is 6.07 Å². The monoisotopic (exact) mass is 481 g/mol. The zero-order chi connectivity index (χ0) is 21.3. The molecule has 7 nitrogen and oxygen atoms in total. The number of benzene rings is 2. The third-order valence-electron chi connectivity index (χ3n) is 4.35. The summed E-state index contributed by atoms with van der Waals surface area (Å²) in [4.78, 5) is 3.78. The van der Waals surface area contributed by atoms with Crippen LogP contribution < -0.4 is 9.46 Å². The fraction of sp³-hybridized carbons (Fsp3) is 0.158. The van der Waals surface area contributed by atoms with Crippen molar-refractivity contribution in [3.63, 3.8) is 0 Å². The molecule has 4 rings (SSSR count). The topological polar surface area (TPSA) is 101 Å². The van der Waals surface area contributed by atoms with Gasteiger partial charge in [0.05, 0.1) is 29.9 Å². The molecule has 0 atom stereocenters. The van der Waals surface area contributed by atoms with Crippen LogP contribution in [0.4, 0.5) is 5.13 Å². The molecule has 1 aliphatic rings. The summed E-state index contributed by atoms with van der Waals surface area (Å²) in [6, 6.07) is 11.2. The molecular weight excluding hydrogens is 469 g/mol. The normalized spacial score (nSPS) is 14.0. The quantitative estimate of drug-likeness (QED) is 0.529. The number of halogens is 2. The summed E-state index contributed by atoms with van der Waals surface area (Å²) < 4.78 is 39.1. The molecule has 1 N–H and O–H groups in total. The largest absolute Gasteiger partial charge is 0.456 e. The number of anilines is 1. The van der Waals surface area contributed by atoms with Crippen molar-refractivity contribution in [1.29, 1.82) is 5.26 Å². The fourth-order valence-electron chi connectivity index (χ4n) is 2.79. The summed E-state index contributed by atoms with van der Waals surface area (Å²) in [5, 5.41) is 10.2. The van der Waals surface area contributed by atoms with Crippen LogP contribution in [0.5, 0.6) is 11.5 Å². The number of nitriles is 1. The molecule has 0 spiro atoms. The van der Waals surface area contributed by atoms with E-state index in [9.17, 15) is 13.7 Å². The number of ether oxygens (including phenoxy) is 2. The Morgan fingerprint density at radius 1 is 1.20 bits per heavy atom. The van der Waals surface area contributed by atoms with E-state index in [-0.39, 0.29) is 27.3 Å². The minimum atomic E-state index is -3.95. The summed E-state index contributed by atoms with van der Waals surface area (Å²) in [6.45, 7) is 1.12. The van der Waals surface area contributed by atoms with E-state index in [0.717, 1.165) is 16.9 Å². The van der Waals surface area contributed by atoms with Crippen molar-refractivity contribution in [1.82, 2.24) is 4.98 Å². The van der Waals surface area contributed by atoms with Gasteiger partial charge in [0, 0.05) is 16.5 Å². The van der Waals surface area contributed by atoms with Crippen molar-refractivity contribution in [2.45, 2.75) is 10.8 Å². The number of hydrogen-bond donors (Lipinski definition) is 1. The molecule has 154 valence electrons. The van der Waals surface area contributed by atoms with Gasteiger partial charge in [0.2, 0.25) is 0 Å². The first-order valence-corrected chi connectivity index (χ1v) is 11.6. The van der Waals surface area contributed by atoms with Crippen LogP contribution in [0.3, 0.4) is 0 Å². The molecule has 0 radical (unpaired) electrons. The molecule has 3 aromatic rings. The molecule has 0 saturated carbocycles. The van der Waals surface area contributed by atoms with Crippen LogP contribution in [0.25, 0.3) is 0 Å². The van der Waals surface area contributed by atoms with Crippen LogP contribution in [0, 0.1) is 11.3 Å². The zero-order valence-electron chi connectivity index (χ0n) is 15.1. The molecule has 1 aliphatic heterocycles. The van der Waals surface area contributed by atoms with Gasteiger partial charge in [-0.15, -0.1) is 0 Å². The van der Waals surface area contributed by atoms with Gasteiger partial charge in [-0.05, 0) is 36.4 Å². The number of nitrogens with one attached hydrogen (secondary N) is 1. The van der Waals surface area contributed by atoms with E-state index in [2.05, 4.69) is 9.71 Å². The maximum absolute atomic E-state index is 12.6. The Bertz CT molecular complexity index is 1250. The first kappa shape index (κ1) is 20.9. The van der Waals surface area contributed by atoms with Crippen LogP contribution in [-0.4, -0.2) is 26.6 Å². The number of sulfonamides is 1. The number of rotatable bonds is 6. The van der Waals surface area contributed by atoms with E-state index in [0.29, 0.717) is 28.3 Å². The highest BCUT2D eigenvalue weighted by Crippen LogP contribution is 2.37. The van der Waals surface area contributed by atoms with Crippen LogP contribution in [0.2, 0.25) is 9.36 Å². The maximum Gasteiger partial charge on any atom is 0.263 e. The first-order chi connectivity index (χ1) is 14.4. The molecule has 0 amide bonds. The van der Waals surface area contributed by atoms with Gasteiger partial charge >= 0.3 is 0 Å². The summed E-state index contributed by atoms with van der Waals surface area (Å²) in [5.41, 5.74) is 0.942. The predicted octanol–water partition coefficient (Wildman–Crippen LogP) is 5.03. The second-order valence-corrected chi connectivity index (χ2v) is 10.1. The van der Waals surface area contributed by atoms with E-state index in [1.165, 1.54) is 24.4 Å². The van der Waals surface area contributed by atoms with Crippen molar-refractivity contribution in [2.75, 3.05) is 17.9 Å². The van der Waals surface area contributed by atoms with Crippen LogP contribution in [0.15, 0.2) is 47.5 Å². The number of aromatic nitrogens is 1. The van der Waals surface area contributed by atoms with Gasteiger partial charge in [-0.25, -0.2) is 13.4 Å². The Hall–Kier alpha value is -2.35. The lowest BCUT2D eigenvalue weighted by atomic mass is 9.96. The molecule has 2 aromatic carbocycles. The average molecular weight is 482 g/mol. The van der Waals surface area contributed by atoms with E-state index in [4.69, 9.17) is 32.7 Å². The lowest BCUT2D eigenvalue weighted by Crippen LogP contribution is -2.25. The smallest absolute Gasteiger partial charge is 0.263 e. The highest BCUT2D eigenvalue weighted by molar-refractivity contribution is 7.93. The summed E-state index contributed by atoms with van der Waals surface area (Å²) in [7, 11) is -3.95. The van der Waals surface area contributed by atoms with Crippen molar-refractivity contribution < 1.29 is 17.9 Å². The predicted molar refractivity (Wildman–Crippen MR) is 114 cm³/mol. The standard InChI is InChI=1S/C19H13Cl2N3O4S2/c20-13-1-3-17(15(6-13)12-9-27-10-12)28-16-4-2-14(5-11(16)7-22)30(25,26)24-19-23-8-18(21)29-19/h1-6,8,12H,9-10H2,(H,23,24). The summed E-state index contributed by atoms with van der Waals surface area (Å²) >= 11 is 12.9. The SMILES string of the molecule is N#Cc1cc(S(=O)(=O)Nc2ncc(Cl)s2)ccc1Oc1ccc(Cl)cc1C1COC1. The van der Waals surface area contributed by atoms with Gasteiger partial charge in [-0.1, -0.05) is 34.5 Å². The van der Waals surface area contributed by atoms with Crippen LogP contribution in [-0.2, 0) is 14.8 Å². The van der Waals surface area contributed by atoms with Crippen LogP contribution >= 0.6 is 34.5 Å². The molecule has 1 fully saturated rings. The average Bonchev–Trinajstić information content (AvgIpc) is 3.06. The molecule has 0 bridgehead atoms. The third kappa shape index (κ3) is 4.38. The van der Waals surface area contributed by atoms with Gasteiger partial charge in [-0.3, -0.25) is 4.72 Å². The molecule has 30 heavy (non-hydrogen) atoms. The fourth-order valence-corrected chi connectivity index (χ4v) is 5.05. The summed E-state index contributed by atoms with van der Waals surface area (Å²) in [6.07, 6.45) is 1.35. The van der Waals surface area contributed by atoms with E-state index < -0.39 is 10.0 Å². The Morgan fingerprint density at radius 2 is 1.97 bits per heavy atom. The molecule has 2 heterocycles. The molecular formula is C19H13Cl2N3O4S2. The minimum absolute atomic E-state index is 0.0702. The van der Waals surface area contributed by atoms with Gasteiger partial charge < -0.3 is 9.47 Å². The molecule has 1 saturated heterocycles. The molecule has 0 unspecified atom stereocenters. The lowest BCUT2D eigenvalue weighted by Gasteiger charge is -2.28. The van der Waals surface area contributed by atoms with Crippen molar-refractivity contribution >= 4 is 49.7 Å². The van der Waals surface area contributed by atoms with E-state index in [1.54, 1.807) is 18.2 Å². The number of hydrogen-bond acceptors (Lipinski definition) is 7. The van der Waals surface area contributed by atoms with Gasteiger partial charge in [-0.2, -0.15) is 5.26 Å². The van der Waals surface area contributed by atoms with Gasteiger partial charge in [0.25, 0.3) is 10.0 Å². The first-order valence-electron chi connectivity index (χ1n) is 8.59. The Balaban J connectivity index is 1.63. The number of nitrogens with zero attached hydrogens (tertiary/aromatic N) is 2. The molecule has 1 aromatic heterocycles. The lowest BCUT2D eigenvalue weighted by molar-refractivity contribution is 0.00769. The second-order valence-electron chi connectivity index (χ2n) is 6.36. The summed E-state index contributed by atoms with van der Waals surface area (Å²) in [5.74, 6) is 0.922. The van der Waals surface area contributed by atoms with Gasteiger partial charge in [0.1, 0.15) is 21.9 Å².